The fourth-order valence-corrected chi connectivity index (χ4v) is 1.79. The zero-order chi connectivity index (χ0) is 11.3. The van der Waals surface area contributed by atoms with Gasteiger partial charge in [-0.2, -0.15) is 11.8 Å². The van der Waals surface area contributed by atoms with E-state index in [2.05, 4.69) is 10.3 Å². The third-order valence-electron chi connectivity index (χ3n) is 1.82. The lowest BCUT2D eigenvalue weighted by Crippen LogP contribution is -2.18. The molecule has 0 bridgehead atoms. The van der Waals surface area contributed by atoms with Crippen LogP contribution < -0.4 is 5.32 Å². The lowest BCUT2D eigenvalue weighted by molar-refractivity contribution is -0.384. The predicted octanol–water partition coefficient (Wildman–Crippen LogP) is 2.15. The van der Waals surface area contributed by atoms with Crippen LogP contribution in [0.4, 0.5) is 11.4 Å². The van der Waals surface area contributed by atoms with Crippen LogP contribution in [0.5, 0.6) is 0 Å². The van der Waals surface area contributed by atoms with Crippen molar-refractivity contribution < 1.29 is 4.92 Å². The van der Waals surface area contributed by atoms with Gasteiger partial charge in [0.15, 0.2) is 0 Å². The van der Waals surface area contributed by atoms with E-state index >= 15 is 0 Å². The average Bonchev–Trinajstić information content (AvgIpc) is 2.18. The first-order valence-electron chi connectivity index (χ1n) is 4.49. The molecule has 5 nitrogen and oxygen atoms in total. The number of pyridine rings is 1. The van der Waals surface area contributed by atoms with Crippen LogP contribution in [-0.4, -0.2) is 28.0 Å². The summed E-state index contributed by atoms with van der Waals surface area (Å²) in [6, 6.07) is 1.82. The van der Waals surface area contributed by atoms with Crippen molar-refractivity contribution in [3.05, 3.63) is 28.6 Å². The van der Waals surface area contributed by atoms with E-state index in [1.165, 1.54) is 6.20 Å². The summed E-state index contributed by atoms with van der Waals surface area (Å²) in [4.78, 5) is 14.0. The van der Waals surface area contributed by atoms with E-state index in [-0.39, 0.29) is 11.7 Å². The molecule has 0 aliphatic rings. The lowest BCUT2D eigenvalue weighted by atomic mass is 10.3. The number of aromatic nitrogens is 1. The second-order valence-corrected chi connectivity index (χ2v) is 4.06. The molecule has 0 aliphatic heterocycles. The molecule has 0 aromatic carbocycles. The van der Waals surface area contributed by atoms with Crippen molar-refractivity contribution in [1.82, 2.24) is 4.98 Å². The van der Waals surface area contributed by atoms with Crippen molar-refractivity contribution in [2.45, 2.75) is 13.0 Å². The maximum Gasteiger partial charge on any atom is 0.310 e. The van der Waals surface area contributed by atoms with E-state index in [1.807, 2.05) is 13.2 Å². The summed E-state index contributed by atoms with van der Waals surface area (Å²) in [5.74, 6) is 0.902. The Morgan fingerprint density at radius 2 is 2.47 bits per heavy atom. The van der Waals surface area contributed by atoms with Crippen LogP contribution in [0.25, 0.3) is 0 Å². The highest BCUT2D eigenvalue weighted by Gasteiger charge is 2.14. The van der Waals surface area contributed by atoms with Gasteiger partial charge < -0.3 is 5.32 Å². The highest BCUT2D eigenvalue weighted by Crippen LogP contribution is 2.22. The third kappa shape index (κ3) is 3.39. The smallest absolute Gasteiger partial charge is 0.310 e. The maximum atomic E-state index is 10.7. The summed E-state index contributed by atoms with van der Waals surface area (Å²) in [6.07, 6.45) is 4.80. The van der Waals surface area contributed by atoms with Gasteiger partial charge in [-0.15, -0.1) is 0 Å². The molecule has 1 aromatic heterocycles. The Morgan fingerprint density at radius 1 is 1.73 bits per heavy atom. The van der Waals surface area contributed by atoms with Crippen molar-refractivity contribution in [2.75, 3.05) is 17.3 Å². The minimum Gasteiger partial charge on any atom is -0.376 e. The number of rotatable bonds is 5. The summed E-state index contributed by atoms with van der Waals surface area (Å²) in [7, 11) is 0. The normalized spacial score (nSPS) is 12.1. The SMILES string of the molecule is CSCC(C)Nc1ccncc1[N+](=O)[O-]. The first-order valence-corrected chi connectivity index (χ1v) is 5.88. The number of hydrogen-bond donors (Lipinski definition) is 1. The van der Waals surface area contributed by atoms with Crippen LogP contribution in [0.3, 0.4) is 0 Å². The summed E-state index contributed by atoms with van der Waals surface area (Å²) in [5.41, 5.74) is 0.544. The molecule has 6 heteroatoms. The minimum absolute atomic E-state index is 0.0189. The van der Waals surface area contributed by atoms with Crippen LogP contribution >= 0.6 is 11.8 Å². The number of nitrogens with one attached hydrogen (secondary N) is 1. The average molecular weight is 227 g/mol. The van der Waals surface area contributed by atoms with Gasteiger partial charge in [0.05, 0.1) is 4.92 Å². The van der Waals surface area contributed by atoms with E-state index in [4.69, 9.17) is 0 Å². The standard InChI is InChI=1S/C9H13N3O2S/c1-7(6-15-2)11-8-3-4-10-5-9(8)12(13)14/h3-5,7H,6H2,1-2H3,(H,10,11). The molecule has 0 aliphatic carbocycles. The molecular weight excluding hydrogens is 214 g/mol. The number of nitro groups is 1. The van der Waals surface area contributed by atoms with E-state index in [0.29, 0.717) is 5.69 Å². The largest absolute Gasteiger partial charge is 0.376 e. The van der Waals surface area contributed by atoms with Crippen molar-refractivity contribution >= 4 is 23.1 Å². The highest BCUT2D eigenvalue weighted by atomic mass is 32.2. The molecule has 0 fully saturated rings. The van der Waals surface area contributed by atoms with Gasteiger partial charge >= 0.3 is 5.69 Å². The summed E-state index contributed by atoms with van der Waals surface area (Å²) < 4.78 is 0. The molecule has 1 aromatic rings. The van der Waals surface area contributed by atoms with Crippen molar-refractivity contribution in [3.8, 4) is 0 Å². The van der Waals surface area contributed by atoms with E-state index in [9.17, 15) is 10.1 Å². The molecule has 1 N–H and O–H groups in total. The second-order valence-electron chi connectivity index (χ2n) is 3.15. The molecule has 0 amide bonds. The predicted molar refractivity (Wildman–Crippen MR) is 62.4 cm³/mol. The molecule has 0 radical (unpaired) electrons. The first kappa shape index (κ1) is 11.8. The Balaban J connectivity index is 2.79. The Kier molecular flexibility index (Phi) is 4.36. The fourth-order valence-electron chi connectivity index (χ4n) is 1.21. The summed E-state index contributed by atoms with van der Waals surface area (Å²) in [6.45, 7) is 1.99. The summed E-state index contributed by atoms with van der Waals surface area (Å²) in [5, 5.41) is 13.8. The monoisotopic (exact) mass is 227 g/mol. The van der Waals surface area contributed by atoms with Crippen molar-refractivity contribution in [2.24, 2.45) is 0 Å². The molecule has 1 unspecified atom stereocenters. The number of thioether (sulfide) groups is 1. The number of anilines is 1. The highest BCUT2D eigenvalue weighted by molar-refractivity contribution is 7.98. The Morgan fingerprint density at radius 3 is 3.07 bits per heavy atom. The topological polar surface area (TPSA) is 68.1 Å². The van der Waals surface area contributed by atoms with Crippen LogP contribution in [-0.2, 0) is 0 Å². The van der Waals surface area contributed by atoms with Crippen molar-refractivity contribution in [3.63, 3.8) is 0 Å². The first-order chi connectivity index (χ1) is 7.15. The van der Waals surface area contributed by atoms with E-state index in [0.717, 1.165) is 5.75 Å². The Labute approximate surface area is 92.4 Å². The van der Waals surface area contributed by atoms with Gasteiger partial charge in [0.2, 0.25) is 0 Å². The van der Waals surface area contributed by atoms with Gasteiger partial charge in [0.1, 0.15) is 11.9 Å². The van der Waals surface area contributed by atoms with E-state index < -0.39 is 4.92 Å². The molecule has 0 saturated carbocycles. The molecular formula is C9H13N3O2S. The van der Waals surface area contributed by atoms with Crippen LogP contribution in [0.15, 0.2) is 18.5 Å². The van der Waals surface area contributed by atoms with E-state index in [1.54, 1.807) is 24.0 Å². The summed E-state index contributed by atoms with van der Waals surface area (Å²) >= 11 is 1.70. The molecule has 0 spiro atoms. The molecule has 1 rings (SSSR count). The molecule has 82 valence electrons. The van der Waals surface area contributed by atoms with Gasteiger partial charge in [0.25, 0.3) is 0 Å². The number of nitrogens with zero attached hydrogens (tertiary/aromatic N) is 2. The van der Waals surface area contributed by atoms with Gasteiger partial charge in [-0.1, -0.05) is 0 Å². The lowest BCUT2D eigenvalue weighted by Gasteiger charge is -2.13. The maximum absolute atomic E-state index is 10.7. The Hall–Kier alpha value is -1.30. The zero-order valence-corrected chi connectivity index (χ0v) is 9.45. The van der Waals surface area contributed by atoms with Gasteiger partial charge in [-0.05, 0) is 19.2 Å². The fraction of sp³-hybridized carbons (Fsp3) is 0.444. The quantitative estimate of drug-likeness (QED) is 0.616. The van der Waals surface area contributed by atoms with Crippen LogP contribution in [0.2, 0.25) is 0 Å². The molecule has 15 heavy (non-hydrogen) atoms. The van der Waals surface area contributed by atoms with Gasteiger partial charge in [-0.3, -0.25) is 15.1 Å². The molecule has 1 heterocycles. The Bertz CT molecular complexity index is 346. The minimum atomic E-state index is -0.429. The third-order valence-corrected chi connectivity index (χ3v) is 2.65. The zero-order valence-electron chi connectivity index (χ0n) is 8.64. The molecule has 0 saturated heterocycles. The van der Waals surface area contributed by atoms with Gasteiger partial charge in [0, 0.05) is 18.0 Å². The molecule has 1 atom stereocenters. The van der Waals surface area contributed by atoms with Gasteiger partial charge in [-0.25, -0.2) is 0 Å². The number of hydrogen-bond acceptors (Lipinski definition) is 5. The van der Waals surface area contributed by atoms with Crippen LogP contribution in [0.1, 0.15) is 6.92 Å². The second kappa shape index (κ2) is 5.55. The van der Waals surface area contributed by atoms with Crippen molar-refractivity contribution in [1.29, 1.82) is 0 Å². The van der Waals surface area contributed by atoms with Crippen LogP contribution in [0, 0.1) is 10.1 Å².